The van der Waals surface area contributed by atoms with Crippen LogP contribution >= 0.6 is 11.3 Å². The minimum atomic E-state index is -5.08. The molecular formula is C21H22F6N4O5S. The Hall–Kier alpha value is -3.27. The predicted molar refractivity (Wildman–Crippen MR) is 117 cm³/mol. The summed E-state index contributed by atoms with van der Waals surface area (Å²) in [5, 5.41) is 16.1. The molecule has 0 aromatic carbocycles. The summed E-state index contributed by atoms with van der Waals surface area (Å²) in [5.41, 5.74) is 4.50. The first-order valence-corrected chi connectivity index (χ1v) is 11.5. The number of carbonyl (C=O) groups excluding carboxylic acids is 1. The summed E-state index contributed by atoms with van der Waals surface area (Å²) in [6, 6.07) is 6.97. The van der Waals surface area contributed by atoms with Crippen molar-refractivity contribution in [3.05, 3.63) is 46.2 Å². The summed E-state index contributed by atoms with van der Waals surface area (Å²) in [5.74, 6) is -5.42. The zero-order valence-electron chi connectivity index (χ0n) is 19.2. The highest BCUT2D eigenvalue weighted by molar-refractivity contribution is 7.07. The first kappa shape index (κ1) is 30.0. The molecule has 2 aliphatic heterocycles. The molecule has 2 aromatic heterocycles. The summed E-state index contributed by atoms with van der Waals surface area (Å²) in [6.45, 7) is 4.77. The van der Waals surface area contributed by atoms with Gasteiger partial charge < -0.3 is 15.1 Å². The second kappa shape index (κ2) is 12.3. The van der Waals surface area contributed by atoms with Crippen LogP contribution in [0, 0.1) is 6.92 Å². The van der Waals surface area contributed by atoms with Gasteiger partial charge in [-0.25, -0.2) is 14.6 Å². The number of carbonyl (C=O) groups is 3. The monoisotopic (exact) mass is 556 g/mol. The average Bonchev–Trinajstić information content (AvgIpc) is 3.52. The quantitative estimate of drug-likeness (QED) is 0.550. The number of thiazole rings is 1. The molecule has 4 rings (SSSR count). The highest BCUT2D eigenvalue weighted by Gasteiger charge is 2.44. The summed E-state index contributed by atoms with van der Waals surface area (Å²) < 4.78 is 63.5. The van der Waals surface area contributed by atoms with Gasteiger partial charge in [0.2, 0.25) is 0 Å². The third-order valence-corrected chi connectivity index (χ3v) is 5.99. The van der Waals surface area contributed by atoms with E-state index in [0.717, 1.165) is 43.9 Å². The number of aryl methyl sites for hydroxylation is 1. The Labute approximate surface area is 210 Å². The van der Waals surface area contributed by atoms with Gasteiger partial charge in [-0.15, -0.1) is 11.3 Å². The smallest absolute Gasteiger partial charge is 0.475 e. The van der Waals surface area contributed by atoms with E-state index in [1.807, 2.05) is 23.3 Å². The molecule has 0 spiro atoms. The van der Waals surface area contributed by atoms with Gasteiger partial charge in [-0.2, -0.15) is 26.3 Å². The number of hydrogen-bond donors (Lipinski definition) is 2. The number of pyridine rings is 1. The number of alkyl halides is 6. The van der Waals surface area contributed by atoms with Gasteiger partial charge in [-0.3, -0.25) is 14.7 Å². The maximum Gasteiger partial charge on any atom is 0.490 e. The van der Waals surface area contributed by atoms with Crippen molar-refractivity contribution in [3.8, 4) is 0 Å². The van der Waals surface area contributed by atoms with Gasteiger partial charge in [0.25, 0.3) is 5.91 Å². The fourth-order valence-corrected chi connectivity index (χ4v) is 4.41. The molecule has 2 saturated heterocycles. The van der Waals surface area contributed by atoms with Crippen LogP contribution < -0.4 is 0 Å². The van der Waals surface area contributed by atoms with Gasteiger partial charge in [0.1, 0.15) is 5.69 Å². The van der Waals surface area contributed by atoms with Crippen molar-refractivity contribution < 1.29 is 50.9 Å². The summed E-state index contributed by atoms with van der Waals surface area (Å²) in [6.07, 6.45) is -8.07. The van der Waals surface area contributed by atoms with Crippen LogP contribution in [0.5, 0.6) is 0 Å². The molecule has 2 aromatic rings. The summed E-state index contributed by atoms with van der Waals surface area (Å²) >= 11 is 1.48. The third-order valence-electron chi connectivity index (χ3n) is 5.40. The van der Waals surface area contributed by atoms with Crippen molar-refractivity contribution in [2.24, 2.45) is 0 Å². The lowest BCUT2D eigenvalue weighted by atomic mass is 10.1. The number of aromatic nitrogens is 2. The van der Waals surface area contributed by atoms with E-state index in [0.29, 0.717) is 17.8 Å². The van der Waals surface area contributed by atoms with Crippen LogP contribution in [0.4, 0.5) is 26.3 Å². The van der Waals surface area contributed by atoms with Crippen molar-refractivity contribution in [2.45, 2.75) is 50.7 Å². The van der Waals surface area contributed by atoms with Crippen molar-refractivity contribution in [2.75, 3.05) is 13.1 Å². The van der Waals surface area contributed by atoms with E-state index in [2.05, 4.69) is 27.0 Å². The fraction of sp³-hybridized carbons (Fsp3) is 0.476. The molecule has 37 heavy (non-hydrogen) atoms. The van der Waals surface area contributed by atoms with Crippen molar-refractivity contribution in [3.63, 3.8) is 0 Å². The standard InChI is InChI=1S/C17H20N4OS.2C2HF3O2/c1-12-3-2-4-13(19-12)9-20-7-5-16-15(20)6-8-21(16)17(22)14-10-23-11-18-14;2*3-2(4,5)1(6)7/h2-4,10-11,15-16H,5-9H2,1H3;2*(H,6,7)/t15-,16+;;/m1../s1. The molecule has 204 valence electrons. The molecule has 2 atom stereocenters. The zero-order chi connectivity index (χ0) is 28.0. The molecule has 16 heteroatoms. The van der Waals surface area contributed by atoms with E-state index in [9.17, 15) is 31.1 Å². The molecule has 2 N–H and O–H groups in total. The molecule has 0 bridgehead atoms. The fourth-order valence-electron chi connectivity index (χ4n) is 3.88. The molecule has 0 aliphatic carbocycles. The molecular weight excluding hydrogens is 534 g/mol. The second-order valence-corrected chi connectivity index (χ2v) is 8.65. The highest BCUT2D eigenvalue weighted by atomic mass is 32.1. The normalized spacial score (nSPS) is 19.3. The topological polar surface area (TPSA) is 124 Å². The number of amides is 1. The Bertz CT molecular complexity index is 1060. The van der Waals surface area contributed by atoms with Crippen molar-refractivity contribution >= 4 is 29.2 Å². The first-order valence-electron chi connectivity index (χ1n) is 10.6. The van der Waals surface area contributed by atoms with Crippen LogP contribution in [0.1, 0.15) is 34.7 Å². The molecule has 0 unspecified atom stereocenters. The van der Waals surface area contributed by atoms with Crippen LogP contribution in [-0.2, 0) is 16.1 Å². The van der Waals surface area contributed by atoms with E-state index in [1.54, 1.807) is 5.51 Å². The largest absolute Gasteiger partial charge is 0.490 e. The van der Waals surface area contributed by atoms with Crippen LogP contribution in [0.3, 0.4) is 0 Å². The number of nitrogens with zero attached hydrogens (tertiary/aromatic N) is 4. The highest BCUT2D eigenvalue weighted by Crippen LogP contribution is 2.33. The molecule has 9 nitrogen and oxygen atoms in total. The number of rotatable bonds is 3. The number of carboxylic acid groups (broad SMARTS) is 2. The van der Waals surface area contributed by atoms with Gasteiger partial charge in [-0.1, -0.05) is 6.07 Å². The Kier molecular flexibility index (Phi) is 9.97. The lowest BCUT2D eigenvalue weighted by molar-refractivity contribution is -0.193. The minimum Gasteiger partial charge on any atom is -0.475 e. The van der Waals surface area contributed by atoms with Crippen molar-refractivity contribution in [1.82, 2.24) is 19.8 Å². The number of carboxylic acids is 2. The number of hydrogen-bond acceptors (Lipinski definition) is 7. The molecule has 0 radical (unpaired) electrons. The Morgan fingerprint density at radius 2 is 1.57 bits per heavy atom. The lowest BCUT2D eigenvalue weighted by Crippen LogP contribution is -2.39. The Morgan fingerprint density at radius 1 is 1.00 bits per heavy atom. The van der Waals surface area contributed by atoms with Gasteiger partial charge in [0, 0.05) is 42.8 Å². The van der Waals surface area contributed by atoms with E-state index >= 15 is 0 Å². The molecule has 2 aliphatic rings. The van der Waals surface area contributed by atoms with Gasteiger partial charge in [0.15, 0.2) is 0 Å². The van der Waals surface area contributed by atoms with E-state index in [-0.39, 0.29) is 5.91 Å². The SMILES string of the molecule is Cc1cccc(CN2CC[C@H]3[C@H]2CCN3C(=O)c2cscn2)n1.O=C(O)C(F)(F)F.O=C(O)C(F)(F)F. The second-order valence-electron chi connectivity index (χ2n) is 7.93. The van der Waals surface area contributed by atoms with Crippen molar-refractivity contribution in [1.29, 1.82) is 0 Å². The van der Waals surface area contributed by atoms with Gasteiger partial charge in [0.05, 0.1) is 11.2 Å². The van der Waals surface area contributed by atoms with Gasteiger partial charge in [-0.05, 0) is 31.9 Å². The Balaban J connectivity index is 0.000000286. The van der Waals surface area contributed by atoms with Crippen LogP contribution in [-0.4, -0.2) is 85.4 Å². The third kappa shape index (κ3) is 8.66. The summed E-state index contributed by atoms with van der Waals surface area (Å²) in [7, 11) is 0. The molecule has 2 fully saturated rings. The van der Waals surface area contributed by atoms with Crippen LogP contribution in [0.2, 0.25) is 0 Å². The van der Waals surface area contributed by atoms with Crippen LogP contribution in [0.25, 0.3) is 0 Å². The maximum absolute atomic E-state index is 12.6. The molecule has 4 heterocycles. The molecule has 0 saturated carbocycles. The lowest BCUT2D eigenvalue weighted by Gasteiger charge is -2.25. The number of fused-ring (bicyclic) bond motifs is 1. The number of aliphatic carboxylic acids is 2. The zero-order valence-corrected chi connectivity index (χ0v) is 20.0. The van der Waals surface area contributed by atoms with E-state index in [4.69, 9.17) is 19.8 Å². The predicted octanol–water partition coefficient (Wildman–Crippen LogP) is 3.60. The van der Waals surface area contributed by atoms with E-state index in [1.165, 1.54) is 11.3 Å². The van der Waals surface area contributed by atoms with Crippen LogP contribution in [0.15, 0.2) is 29.1 Å². The Morgan fingerprint density at radius 3 is 2.05 bits per heavy atom. The average molecular weight is 556 g/mol. The summed E-state index contributed by atoms with van der Waals surface area (Å²) in [4.78, 5) is 43.7. The maximum atomic E-state index is 12.6. The number of likely N-dealkylation sites (tertiary alicyclic amines) is 2. The van der Waals surface area contributed by atoms with Gasteiger partial charge >= 0.3 is 24.3 Å². The minimum absolute atomic E-state index is 0.0919. The van der Waals surface area contributed by atoms with E-state index < -0.39 is 24.3 Å². The first-order chi connectivity index (χ1) is 17.1. The molecule has 1 amide bonds. The number of halogens is 6.